The summed E-state index contributed by atoms with van der Waals surface area (Å²) in [4.78, 5) is 21.7. The van der Waals surface area contributed by atoms with E-state index in [-0.39, 0.29) is 0 Å². The summed E-state index contributed by atoms with van der Waals surface area (Å²) >= 11 is 0. The molecule has 0 atom stereocenters. The van der Waals surface area contributed by atoms with Gasteiger partial charge < -0.3 is 5.32 Å². The SMILES string of the molecule is CC(C)c1cccc(C(C)C)c1NC(=O)C=O. The molecule has 1 aromatic carbocycles. The molecule has 1 aromatic rings. The van der Waals surface area contributed by atoms with E-state index in [9.17, 15) is 9.59 Å². The van der Waals surface area contributed by atoms with Gasteiger partial charge in [-0.05, 0) is 23.0 Å². The van der Waals surface area contributed by atoms with Crippen LogP contribution in [0.3, 0.4) is 0 Å². The van der Waals surface area contributed by atoms with Crippen molar-refractivity contribution < 1.29 is 9.59 Å². The predicted octanol–water partition coefficient (Wildman–Crippen LogP) is 3.07. The fourth-order valence-electron chi connectivity index (χ4n) is 1.85. The molecular weight excluding hydrogens is 214 g/mol. The van der Waals surface area contributed by atoms with E-state index in [0.29, 0.717) is 18.1 Å². The van der Waals surface area contributed by atoms with E-state index in [1.54, 1.807) is 0 Å². The first kappa shape index (κ1) is 13.4. The summed E-state index contributed by atoms with van der Waals surface area (Å²) in [5.74, 6) is 0.00584. The van der Waals surface area contributed by atoms with Crippen LogP contribution in [0, 0.1) is 0 Å². The number of carbonyl (C=O) groups excluding carboxylic acids is 2. The molecule has 1 rings (SSSR count). The minimum atomic E-state index is -0.597. The summed E-state index contributed by atoms with van der Waals surface area (Å²) in [5.41, 5.74) is 2.91. The molecule has 0 aliphatic heterocycles. The fourth-order valence-corrected chi connectivity index (χ4v) is 1.85. The summed E-state index contributed by atoms with van der Waals surface area (Å²) < 4.78 is 0. The van der Waals surface area contributed by atoms with E-state index in [0.717, 1.165) is 16.8 Å². The number of benzene rings is 1. The molecule has 0 heterocycles. The van der Waals surface area contributed by atoms with E-state index in [4.69, 9.17) is 0 Å². The Morgan fingerprint density at radius 3 is 1.94 bits per heavy atom. The van der Waals surface area contributed by atoms with Crippen LogP contribution >= 0.6 is 0 Å². The van der Waals surface area contributed by atoms with Crippen LogP contribution in [0.4, 0.5) is 5.69 Å². The highest BCUT2D eigenvalue weighted by atomic mass is 16.2. The van der Waals surface area contributed by atoms with Crippen molar-refractivity contribution in [2.24, 2.45) is 0 Å². The zero-order valence-electron chi connectivity index (χ0n) is 10.8. The minimum absolute atomic E-state index is 0.302. The van der Waals surface area contributed by atoms with E-state index < -0.39 is 5.91 Å². The summed E-state index contributed by atoms with van der Waals surface area (Å²) in [6.07, 6.45) is 0.307. The van der Waals surface area contributed by atoms with Crippen molar-refractivity contribution in [2.45, 2.75) is 39.5 Å². The molecule has 0 aromatic heterocycles. The lowest BCUT2D eigenvalue weighted by Crippen LogP contribution is -2.16. The Bertz CT molecular complexity index is 396. The second-order valence-electron chi connectivity index (χ2n) is 4.73. The standard InChI is InChI=1S/C14H19NO2/c1-9(2)11-6-5-7-12(10(3)4)14(11)15-13(17)8-16/h5-10H,1-4H3,(H,15,17). The summed E-state index contributed by atoms with van der Waals surface area (Å²) in [5, 5.41) is 2.68. The Hall–Kier alpha value is -1.64. The first-order chi connectivity index (χ1) is 7.97. The van der Waals surface area contributed by atoms with Gasteiger partial charge in [0.15, 0.2) is 0 Å². The van der Waals surface area contributed by atoms with Crippen molar-refractivity contribution in [2.75, 3.05) is 5.32 Å². The molecule has 0 spiro atoms. The lowest BCUT2D eigenvalue weighted by Gasteiger charge is -2.19. The van der Waals surface area contributed by atoms with E-state index >= 15 is 0 Å². The molecule has 0 radical (unpaired) electrons. The maximum atomic E-state index is 11.3. The largest absolute Gasteiger partial charge is 0.319 e. The van der Waals surface area contributed by atoms with Crippen LogP contribution in [0.5, 0.6) is 0 Å². The number of hydrogen-bond acceptors (Lipinski definition) is 2. The van der Waals surface area contributed by atoms with Crippen LogP contribution < -0.4 is 5.32 Å². The molecule has 0 unspecified atom stereocenters. The third kappa shape index (κ3) is 3.16. The molecular formula is C14H19NO2. The normalized spacial score (nSPS) is 10.7. The molecule has 0 bridgehead atoms. The first-order valence-corrected chi connectivity index (χ1v) is 5.86. The van der Waals surface area contributed by atoms with Gasteiger partial charge in [-0.25, -0.2) is 0 Å². The zero-order valence-corrected chi connectivity index (χ0v) is 10.8. The Morgan fingerprint density at radius 2 is 1.59 bits per heavy atom. The smallest absolute Gasteiger partial charge is 0.288 e. The molecule has 0 saturated carbocycles. The maximum absolute atomic E-state index is 11.3. The van der Waals surface area contributed by atoms with Gasteiger partial charge in [0, 0.05) is 5.69 Å². The van der Waals surface area contributed by atoms with Gasteiger partial charge in [0.25, 0.3) is 5.91 Å². The number of para-hydroxylation sites is 1. The van der Waals surface area contributed by atoms with Gasteiger partial charge in [-0.2, -0.15) is 0 Å². The Balaban J connectivity index is 3.28. The van der Waals surface area contributed by atoms with E-state index in [2.05, 4.69) is 33.0 Å². The molecule has 17 heavy (non-hydrogen) atoms. The van der Waals surface area contributed by atoms with E-state index in [1.807, 2.05) is 18.2 Å². The Labute approximate surface area is 102 Å². The lowest BCUT2D eigenvalue weighted by atomic mass is 9.92. The second kappa shape index (κ2) is 5.62. The van der Waals surface area contributed by atoms with Crippen LogP contribution in [-0.4, -0.2) is 12.2 Å². The van der Waals surface area contributed by atoms with E-state index in [1.165, 1.54) is 0 Å². The van der Waals surface area contributed by atoms with Crippen LogP contribution in [0.1, 0.15) is 50.7 Å². The van der Waals surface area contributed by atoms with Crippen molar-refractivity contribution in [3.8, 4) is 0 Å². The average molecular weight is 233 g/mol. The van der Waals surface area contributed by atoms with Gasteiger partial charge in [-0.15, -0.1) is 0 Å². The topological polar surface area (TPSA) is 46.2 Å². The van der Waals surface area contributed by atoms with Crippen LogP contribution in [-0.2, 0) is 9.59 Å². The highest BCUT2D eigenvalue weighted by molar-refractivity contribution is 6.29. The highest BCUT2D eigenvalue weighted by Crippen LogP contribution is 2.32. The number of nitrogens with one attached hydrogen (secondary N) is 1. The molecule has 92 valence electrons. The van der Waals surface area contributed by atoms with Gasteiger partial charge in [0.1, 0.15) is 0 Å². The minimum Gasteiger partial charge on any atom is -0.319 e. The first-order valence-electron chi connectivity index (χ1n) is 5.86. The number of rotatable bonds is 4. The lowest BCUT2D eigenvalue weighted by molar-refractivity contribution is -0.127. The average Bonchev–Trinajstić information content (AvgIpc) is 2.28. The van der Waals surface area contributed by atoms with Crippen molar-refractivity contribution >= 4 is 17.9 Å². The number of amides is 1. The molecule has 1 N–H and O–H groups in total. The van der Waals surface area contributed by atoms with Crippen molar-refractivity contribution in [1.82, 2.24) is 0 Å². The third-order valence-electron chi connectivity index (χ3n) is 2.73. The third-order valence-corrected chi connectivity index (χ3v) is 2.73. The predicted molar refractivity (Wildman–Crippen MR) is 69.3 cm³/mol. The molecule has 0 saturated heterocycles. The van der Waals surface area contributed by atoms with Crippen LogP contribution in [0.2, 0.25) is 0 Å². The molecule has 3 heteroatoms. The molecule has 1 amide bonds. The summed E-state index contributed by atoms with van der Waals surface area (Å²) in [6, 6.07) is 5.95. The monoisotopic (exact) mass is 233 g/mol. The second-order valence-corrected chi connectivity index (χ2v) is 4.73. The van der Waals surface area contributed by atoms with Gasteiger partial charge in [0.2, 0.25) is 6.29 Å². The number of carbonyl (C=O) groups is 2. The Morgan fingerprint density at radius 1 is 1.12 bits per heavy atom. The van der Waals surface area contributed by atoms with Crippen molar-refractivity contribution in [3.05, 3.63) is 29.3 Å². The number of aldehydes is 1. The molecule has 0 fully saturated rings. The maximum Gasteiger partial charge on any atom is 0.288 e. The number of anilines is 1. The Kier molecular flexibility index (Phi) is 4.44. The zero-order chi connectivity index (χ0) is 13.0. The van der Waals surface area contributed by atoms with Gasteiger partial charge in [-0.1, -0.05) is 45.9 Å². The molecule has 0 aliphatic carbocycles. The molecule has 3 nitrogen and oxygen atoms in total. The van der Waals surface area contributed by atoms with Crippen molar-refractivity contribution in [3.63, 3.8) is 0 Å². The van der Waals surface area contributed by atoms with Crippen molar-refractivity contribution in [1.29, 1.82) is 0 Å². The van der Waals surface area contributed by atoms with Gasteiger partial charge >= 0.3 is 0 Å². The van der Waals surface area contributed by atoms with Crippen LogP contribution in [0.25, 0.3) is 0 Å². The fraction of sp³-hybridized carbons (Fsp3) is 0.429. The number of hydrogen-bond donors (Lipinski definition) is 1. The van der Waals surface area contributed by atoms with Gasteiger partial charge in [-0.3, -0.25) is 9.59 Å². The van der Waals surface area contributed by atoms with Crippen LogP contribution in [0.15, 0.2) is 18.2 Å². The molecule has 0 aliphatic rings. The quantitative estimate of drug-likeness (QED) is 0.641. The van der Waals surface area contributed by atoms with Gasteiger partial charge in [0.05, 0.1) is 0 Å². The summed E-state index contributed by atoms with van der Waals surface area (Å²) in [7, 11) is 0. The highest BCUT2D eigenvalue weighted by Gasteiger charge is 2.15. The summed E-state index contributed by atoms with van der Waals surface area (Å²) in [6.45, 7) is 8.26.